The number of pyridine rings is 1. The molecule has 7 nitrogen and oxygen atoms in total. The van der Waals surface area contributed by atoms with E-state index in [-0.39, 0.29) is 23.5 Å². The number of carbonyl (C=O) groups excluding carboxylic acids is 1. The van der Waals surface area contributed by atoms with E-state index >= 15 is 0 Å². The number of methoxy groups -OCH3 is 1. The molecule has 2 aliphatic heterocycles. The molecule has 2 N–H and O–H groups in total. The molecule has 196 valence electrons. The Morgan fingerprint density at radius 2 is 1.95 bits per heavy atom. The second-order valence-corrected chi connectivity index (χ2v) is 10.8. The molecule has 3 aromatic rings. The van der Waals surface area contributed by atoms with Crippen LogP contribution in [0.3, 0.4) is 0 Å². The lowest BCUT2D eigenvalue weighted by Crippen LogP contribution is -2.42. The highest BCUT2D eigenvalue weighted by Gasteiger charge is 2.41. The molecule has 2 atom stereocenters. The predicted molar refractivity (Wildman–Crippen MR) is 158 cm³/mol. The summed E-state index contributed by atoms with van der Waals surface area (Å²) in [7, 11) is 3.72. The fourth-order valence-electron chi connectivity index (χ4n) is 5.47. The van der Waals surface area contributed by atoms with Gasteiger partial charge in [-0.2, -0.15) is 0 Å². The molecule has 3 heterocycles. The van der Waals surface area contributed by atoms with E-state index in [0.29, 0.717) is 16.5 Å². The van der Waals surface area contributed by atoms with Gasteiger partial charge in [-0.05, 0) is 86.6 Å². The molecule has 38 heavy (non-hydrogen) atoms. The number of allylic oxidation sites excluding steroid dienone is 1. The second-order valence-electron chi connectivity index (χ2n) is 10.4. The standard InChI is InChI=1S/C30H33N5O2S/c1-18-17-30(3,4)34(5)25-12-10-20(15-22(18)25)28-27(23-9-7-8-14-31-23)33-29(38)35(28)21-11-13-26(37-6)24(16-21)32-19(2)36/h7-17,27-28H,1-6H3,(H,32,36)(H,33,38). The lowest BCUT2D eigenvalue weighted by molar-refractivity contribution is -0.114. The van der Waals surface area contributed by atoms with Crippen LogP contribution in [0.2, 0.25) is 0 Å². The number of anilines is 3. The Bertz CT molecular complexity index is 1440. The van der Waals surface area contributed by atoms with Gasteiger partial charge in [-0.15, -0.1) is 0 Å². The third-order valence-corrected chi connectivity index (χ3v) is 7.77. The molecule has 0 aliphatic carbocycles. The van der Waals surface area contributed by atoms with Gasteiger partial charge >= 0.3 is 0 Å². The van der Waals surface area contributed by atoms with Crippen LogP contribution >= 0.6 is 12.2 Å². The largest absolute Gasteiger partial charge is 0.495 e. The van der Waals surface area contributed by atoms with Crippen molar-refractivity contribution in [3.05, 3.63) is 83.7 Å². The Kier molecular flexibility index (Phi) is 6.61. The summed E-state index contributed by atoms with van der Waals surface area (Å²) in [5.41, 5.74) is 7.04. The van der Waals surface area contributed by atoms with Crippen molar-refractivity contribution in [2.45, 2.75) is 45.3 Å². The van der Waals surface area contributed by atoms with E-state index in [1.54, 1.807) is 13.3 Å². The molecule has 1 aromatic heterocycles. The maximum atomic E-state index is 11.9. The highest BCUT2D eigenvalue weighted by atomic mass is 32.1. The molecule has 0 spiro atoms. The number of hydrogen-bond donors (Lipinski definition) is 2. The molecule has 2 aliphatic rings. The molecule has 2 aromatic carbocycles. The SMILES string of the molecule is COc1ccc(N2C(=S)NC(c3ccccn3)C2c2ccc3c(c2)C(C)=CC(C)(C)N3C)cc1NC(C)=O. The first-order chi connectivity index (χ1) is 18.1. The number of nitrogens with one attached hydrogen (secondary N) is 2. The zero-order valence-corrected chi connectivity index (χ0v) is 23.4. The van der Waals surface area contributed by atoms with Gasteiger partial charge in [0.2, 0.25) is 5.91 Å². The average molecular weight is 528 g/mol. The Morgan fingerprint density at radius 3 is 2.63 bits per heavy atom. The molecule has 1 saturated heterocycles. The lowest BCUT2D eigenvalue weighted by Gasteiger charge is -2.41. The van der Waals surface area contributed by atoms with Crippen LogP contribution in [0.15, 0.2) is 66.9 Å². The minimum atomic E-state index is -0.172. The number of amides is 1. The van der Waals surface area contributed by atoms with Crippen LogP contribution in [-0.2, 0) is 4.79 Å². The smallest absolute Gasteiger partial charge is 0.221 e. The Hall–Kier alpha value is -3.91. The van der Waals surface area contributed by atoms with Gasteiger partial charge in [0.15, 0.2) is 5.11 Å². The van der Waals surface area contributed by atoms with Crippen molar-refractivity contribution in [2.75, 3.05) is 29.3 Å². The van der Waals surface area contributed by atoms with Crippen LogP contribution < -0.4 is 25.2 Å². The molecular weight excluding hydrogens is 494 g/mol. The number of aromatic nitrogens is 1. The minimum absolute atomic E-state index is 0.0686. The lowest BCUT2D eigenvalue weighted by atomic mass is 9.86. The highest BCUT2D eigenvalue weighted by molar-refractivity contribution is 7.80. The van der Waals surface area contributed by atoms with Crippen molar-refractivity contribution in [3.8, 4) is 5.75 Å². The fourth-order valence-corrected chi connectivity index (χ4v) is 5.81. The number of ether oxygens (including phenoxy) is 1. The number of fused-ring (bicyclic) bond motifs is 1. The number of rotatable bonds is 5. The van der Waals surface area contributed by atoms with E-state index in [9.17, 15) is 4.79 Å². The van der Waals surface area contributed by atoms with Crippen LogP contribution in [0, 0.1) is 0 Å². The summed E-state index contributed by atoms with van der Waals surface area (Å²) < 4.78 is 5.49. The maximum absolute atomic E-state index is 11.9. The third-order valence-electron chi connectivity index (χ3n) is 7.45. The third kappa shape index (κ3) is 4.49. The summed E-state index contributed by atoms with van der Waals surface area (Å²) in [5.74, 6) is 0.412. The zero-order valence-electron chi connectivity index (χ0n) is 22.6. The van der Waals surface area contributed by atoms with Crippen molar-refractivity contribution >= 4 is 45.9 Å². The number of carbonyl (C=O) groups is 1. The summed E-state index contributed by atoms with van der Waals surface area (Å²) in [6.45, 7) is 8.10. The van der Waals surface area contributed by atoms with Gasteiger partial charge in [0.1, 0.15) is 5.75 Å². The monoisotopic (exact) mass is 527 g/mol. The highest BCUT2D eigenvalue weighted by Crippen LogP contribution is 2.46. The van der Waals surface area contributed by atoms with Gasteiger partial charge in [-0.3, -0.25) is 9.78 Å². The number of benzene rings is 2. The summed E-state index contributed by atoms with van der Waals surface area (Å²) in [6.07, 6.45) is 4.12. The van der Waals surface area contributed by atoms with Crippen molar-refractivity contribution in [2.24, 2.45) is 0 Å². The Balaban J connectivity index is 1.66. The summed E-state index contributed by atoms with van der Waals surface area (Å²) >= 11 is 5.91. The van der Waals surface area contributed by atoms with E-state index in [1.807, 2.05) is 36.4 Å². The molecular formula is C30H33N5O2S. The normalized spacial score (nSPS) is 19.9. The molecule has 2 unspecified atom stereocenters. The molecule has 5 rings (SSSR count). The molecule has 1 fully saturated rings. The van der Waals surface area contributed by atoms with Crippen LogP contribution in [0.5, 0.6) is 5.75 Å². The second kappa shape index (κ2) is 9.76. The summed E-state index contributed by atoms with van der Waals surface area (Å²) in [4.78, 5) is 21.0. The quantitative estimate of drug-likeness (QED) is 0.403. The summed E-state index contributed by atoms with van der Waals surface area (Å²) in [6, 6.07) is 18.0. The van der Waals surface area contributed by atoms with Crippen LogP contribution in [-0.4, -0.2) is 35.7 Å². The van der Waals surface area contributed by atoms with Crippen molar-refractivity contribution in [3.63, 3.8) is 0 Å². The first-order valence-corrected chi connectivity index (χ1v) is 13.1. The zero-order chi connectivity index (χ0) is 27.2. The van der Waals surface area contributed by atoms with Gasteiger partial charge in [-0.1, -0.05) is 18.2 Å². The van der Waals surface area contributed by atoms with Gasteiger partial charge in [0, 0.05) is 37.1 Å². The number of nitrogens with zero attached hydrogens (tertiary/aromatic N) is 3. The molecule has 0 saturated carbocycles. The topological polar surface area (TPSA) is 69.7 Å². The number of hydrogen-bond acceptors (Lipinski definition) is 5. The predicted octanol–water partition coefficient (Wildman–Crippen LogP) is 5.86. The van der Waals surface area contributed by atoms with Crippen molar-refractivity contribution < 1.29 is 9.53 Å². The van der Waals surface area contributed by atoms with Crippen LogP contribution in [0.25, 0.3) is 5.57 Å². The number of thiocarbonyl (C=S) groups is 1. The fraction of sp³-hybridized carbons (Fsp3) is 0.300. The van der Waals surface area contributed by atoms with E-state index in [2.05, 4.69) is 77.5 Å². The molecule has 0 radical (unpaired) electrons. The van der Waals surface area contributed by atoms with Crippen molar-refractivity contribution in [1.82, 2.24) is 10.3 Å². The first-order valence-electron chi connectivity index (χ1n) is 12.6. The minimum Gasteiger partial charge on any atom is -0.495 e. The summed E-state index contributed by atoms with van der Waals surface area (Å²) in [5, 5.41) is 6.99. The van der Waals surface area contributed by atoms with Gasteiger partial charge in [0.05, 0.1) is 36.1 Å². The van der Waals surface area contributed by atoms with Gasteiger partial charge in [-0.25, -0.2) is 0 Å². The molecule has 1 amide bonds. The van der Waals surface area contributed by atoms with E-state index in [1.165, 1.54) is 23.7 Å². The van der Waals surface area contributed by atoms with Crippen LogP contribution in [0.1, 0.15) is 56.6 Å². The maximum Gasteiger partial charge on any atom is 0.221 e. The van der Waals surface area contributed by atoms with Gasteiger partial charge < -0.3 is 25.2 Å². The van der Waals surface area contributed by atoms with Crippen LogP contribution in [0.4, 0.5) is 17.1 Å². The van der Waals surface area contributed by atoms with E-state index in [0.717, 1.165) is 16.9 Å². The molecule has 8 heteroatoms. The molecule has 0 bridgehead atoms. The first kappa shape index (κ1) is 25.7. The van der Waals surface area contributed by atoms with Gasteiger partial charge in [0.25, 0.3) is 0 Å². The van der Waals surface area contributed by atoms with E-state index in [4.69, 9.17) is 17.0 Å². The number of likely N-dealkylation sites (N-methyl/N-ethyl adjacent to an activating group) is 1. The Morgan fingerprint density at radius 1 is 1.16 bits per heavy atom. The average Bonchev–Trinajstić information content (AvgIpc) is 3.24. The van der Waals surface area contributed by atoms with E-state index < -0.39 is 0 Å². The Labute approximate surface area is 229 Å². The van der Waals surface area contributed by atoms with Crippen molar-refractivity contribution in [1.29, 1.82) is 0 Å².